The topological polar surface area (TPSA) is 67.9 Å². The molecule has 1 atom stereocenters. The Bertz CT molecular complexity index is 958. The van der Waals surface area contributed by atoms with Crippen molar-refractivity contribution in [3.05, 3.63) is 58.1 Å². The molecular weight excluding hydrogens is 475 g/mol. The summed E-state index contributed by atoms with van der Waals surface area (Å²) < 4.78 is 10.9. The summed E-state index contributed by atoms with van der Waals surface area (Å²) >= 11 is 12.4. The van der Waals surface area contributed by atoms with Crippen molar-refractivity contribution in [2.75, 3.05) is 13.7 Å². The molecule has 0 saturated carbocycles. The summed E-state index contributed by atoms with van der Waals surface area (Å²) in [6, 6.07) is 11.8. The average molecular weight is 509 g/mol. The van der Waals surface area contributed by atoms with Crippen molar-refractivity contribution in [1.82, 2.24) is 10.2 Å². The van der Waals surface area contributed by atoms with Crippen molar-refractivity contribution >= 4 is 35.0 Å². The molecule has 6 nitrogen and oxygen atoms in total. The highest BCUT2D eigenvalue weighted by atomic mass is 35.5. The van der Waals surface area contributed by atoms with Gasteiger partial charge in [-0.1, -0.05) is 36.2 Å². The van der Waals surface area contributed by atoms with Gasteiger partial charge in [0.05, 0.1) is 13.7 Å². The zero-order valence-electron chi connectivity index (χ0n) is 20.5. The van der Waals surface area contributed by atoms with Crippen LogP contribution in [0, 0.1) is 0 Å². The molecule has 0 aliphatic carbocycles. The lowest BCUT2D eigenvalue weighted by Crippen LogP contribution is -2.53. The fraction of sp³-hybridized carbons (Fsp3) is 0.462. The number of hydrogen-bond donors (Lipinski definition) is 1. The molecule has 1 N–H and O–H groups in total. The lowest BCUT2D eigenvalue weighted by atomic mass is 10.0. The van der Waals surface area contributed by atoms with Crippen LogP contribution in [0.1, 0.15) is 52.5 Å². The second-order valence-corrected chi connectivity index (χ2v) is 9.89. The molecule has 0 spiro atoms. The number of rotatable bonds is 11. The van der Waals surface area contributed by atoms with E-state index >= 15 is 0 Å². The number of halogens is 2. The summed E-state index contributed by atoms with van der Waals surface area (Å²) in [5.74, 6) is 1.12. The van der Waals surface area contributed by atoms with Crippen molar-refractivity contribution in [3.8, 4) is 11.5 Å². The van der Waals surface area contributed by atoms with Crippen LogP contribution in [-0.4, -0.2) is 42.0 Å². The SMILES string of the molecule is CCC(C(=O)NC(C)(C)C)N(Cc1ccc(Cl)cc1Cl)C(=O)CCCOc1ccc(OC)cc1. The third-order valence-electron chi connectivity index (χ3n) is 5.10. The summed E-state index contributed by atoms with van der Waals surface area (Å²) in [6.45, 7) is 8.22. The zero-order valence-corrected chi connectivity index (χ0v) is 22.0. The molecular formula is C26H34Cl2N2O4. The minimum absolute atomic E-state index is 0.139. The van der Waals surface area contributed by atoms with Crippen LogP contribution in [-0.2, 0) is 16.1 Å². The summed E-state index contributed by atoms with van der Waals surface area (Å²) in [5.41, 5.74) is 0.319. The molecule has 8 heteroatoms. The van der Waals surface area contributed by atoms with E-state index < -0.39 is 11.6 Å². The summed E-state index contributed by atoms with van der Waals surface area (Å²) in [7, 11) is 1.61. The fourth-order valence-corrected chi connectivity index (χ4v) is 3.90. The molecule has 2 aromatic carbocycles. The fourth-order valence-electron chi connectivity index (χ4n) is 3.43. The molecule has 2 rings (SSSR count). The highest BCUT2D eigenvalue weighted by Gasteiger charge is 2.30. The molecule has 0 aromatic heterocycles. The Balaban J connectivity index is 2.11. The van der Waals surface area contributed by atoms with Crippen molar-refractivity contribution < 1.29 is 19.1 Å². The van der Waals surface area contributed by atoms with Gasteiger partial charge < -0.3 is 19.7 Å². The lowest BCUT2D eigenvalue weighted by Gasteiger charge is -2.33. The van der Waals surface area contributed by atoms with Gasteiger partial charge >= 0.3 is 0 Å². The molecule has 2 aromatic rings. The first kappa shape index (κ1) is 27.8. The number of amides is 2. The van der Waals surface area contributed by atoms with E-state index in [9.17, 15) is 9.59 Å². The molecule has 0 fully saturated rings. The minimum Gasteiger partial charge on any atom is -0.497 e. The van der Waals surface area contributed by atoms with E-state index in [2.05, 4.69) is 5.32 Å². The number of carbonyl (C=O) groups is 2. The van der Waals surface area contributed by atoms with Crippen LogP contribution in [0.3, 0.4) is 0 Å². The van der Waals surface area contributed by atoms with E-state index in [1.807, 2.05) is 52.0 Å². The maximum Gasteiger partial charge on any atom is 0.243 e. The number of benzene rings is 2. The number of ether oxygens (including phenoxy) is 2. The standard InChI is InChI=1S/C26H34Cl2N2O4/c1-6-23(25(32)29-26(2,3)4)30(17-18-9-10-19(27)16-22(18)28)24(31)8-7-15-34-21-13-11-20(33-5)12-14-21/h9-14,16,23H,6-8,15,17H2,1-5H3,(H,29,32). The van der Waals surface area contributed by atoms with Crippen LogP contribution in [0.15, 0.2) is 42.5 Å². The van der Waals surface area contributed by atoms with Gasteiger partial charge in [-0.2, -0.15) is 0 Å². The number of carbonyl (C=O) groups excluding carboxylic acids is 2. The molecule has 0 heterocycles. The van der Waals surface area contributed by atoms with E-state index in [4.69, 9.17) is 32.7 Å². The van der Waals surface area contributed by atoms with Crippen LogP contribution < -0.4 is 14.8 Å². The van der Waals surface area contributed by atoms with Gasteiger partial charge in [-0.05, 0) is 75.6 Å². The number of nitrogens with zero attached hydrogens (tertiary/aromatic N) is 1. The average Bonchev–Trinajstić information content (AvgIpc) is 2.77. The number of hydrogen-bond acceptors (Lipinski definition) is 4. The van der Waals surface area contributed by atoms with Gasteiger partial charge in [0.2, 0.25) is 11.8 Å². The Hall–Kier alpha value is -2.44. The predicted molar refractivity (Wildman–Crippen MR) is 137 cm³/mol. The van der Waals surface area contributed by atoms with Crippen LogP contribution in [0.5, 0.6) is 11.5 Å². The first-order chi connectivity index (χ1) is 16.0. The van der Waals surface area contributed by atoms with Gasteiger partial charge in [0.15, 0.2) is 0 Å². The zero-order chi connectivity index (χ0) is 25.3. The van der Waals surface area contributed by atoms with Gasteiger partial charge in [0.25, 0.3) is 0 Å². The van der Waals surface area contributed by atoms with E-state index in [0.717, 1.165) is 11.3 Å². The second-order valence-electron chi connectivity index (χ2n) is 9.05. The first-order valence-corrected chi connectivity index (χ1v) is 12.1. The Labute approximate surface area is 212 Å². The van der Waals surface area contributed by atoms with Crippen LogP contribution in [0.2, 0.25) is 10.0 Å². The van der Waals surface area contributed by atoms with Gasteiger partial charge in [-0.25, -0.2) is 0 Å². The molecule has 0 aliphatic rings. The van der Waals surface area contributed by atoms with Crippen LogP contribution in [0.4, 0.5) is 0 Å². The van der Waals surface area contributed by atoms with E-state index in [1.165, 1.54) is 0 Å². The van der Waals surface area contributed by atoms with Gasteiger partial charge in [0, 0.05) is 28.5 Å². The Morgan fingerprint density at radius 3 is 2.26 bits per heavy atom. The van der Waals surface area contributed by atoms with E-state index in [1.54, 1.807) is 30.2 Å². The molecule has 0 aliphatic heterocycles. The maximum absolute atomic E-state index is 13.3. The Morgan fingerprint density at radius 1 is 1.06 bits per heavy atom. The third kappa shape index (κ3) is 8.73. The monoisotopic (exact) mass is 508 g/mol. The third-order valence-corrected chi connectivity index (χ3v) is 5.69. The number of nitrogens with one attached hydrogen (secondary N) is 1. The highest BCUT2D eigenvalue weighted by molar-refractivity contribution is 6.35. The van der Waals surface area contributed by atoms with Gasteiger partial charge in [-0.3, -0.25) is 9.59 Å². The quantitative estimate of drug-likeness (QED) is 0.384. The van der Waals surface area contributed by atoms with Crippen molar-refractivity contribution in [2.45, 2.75) is 65.1 Å². The van der Waals surface area contributed by atoms with Crippen LogP contribution in [0.25, 0.3) is 0 Å². The summed E-state index contributed by atoms with van der Waals surface area (Å²) in [6.07, 6.45) is 1.22. The van der Waals surface area contributed by atoms with Crippen LogP contribution >= 0.6 is 23.2 Å². The molecule has 0 radical (unpaired) electrons. The van der Waals surface area contributed by atoms with Crippen molar-refractivity contribution in [1.29, 1.82) is 0 Å². The lowest BCUT2D eigenvalue weighted by molar-refractivity contribution is -0.142. The predicted octanol–water partition coefficient (Wildman–Crippen LogP) is 5.88. The normalized spacial score (nSPS) is 12.1. The first-order valence-electron chi connectivity index (χ1n) is 11.4. The summed E-state index contributed by atoms with van der Waals surface area (Å²) in [4.78, 5) is 27.9. The van der Waals surface area contributed by atoms with Crippen molar-refractivity contribution in [2.24, 2.45) is 0 Å². The molecule has 0 saturated heterocycles. The van der Waals surface area contributed by atoms with E-state index in [0.29, 0.717) is 35.2 Å². The highest BCUT2D eigenvalue weighted by Crippen LogP contribution is 2.24. The van der Waals surface area contributed by atoms with Gasteiger partial charge in [-0.15, -0.1) is 0 Å². The molecule has 0 bridgehead atoms. The summed E-state index contributed by atoms with van der Waals surface area (Å²) in [5, 5.41) is 3.96. The molecule has 2 amide bonds. The maximum atomic E-state index is 13.3. The smallest absolute Gasteiger partial charge is 0.243 e. The Kier molecular flexibility index (Phi) is 10.5. The second kappa shape index (κ2) is 12.9. The number of methoxy groups -OCH3 is 1. The Morgan fingerprint density at radius 2 is 1.71 bits per heavy atom. The molecule has 1 unspecified atom stereocenters. The largest absolute Gasteiger partial charge is 0.497 e. The molecule has 34 heavy (non-hydrogen) atoms. The van der Waals surface area contributed by atoms with Crippen molar-refractivity contribution in [3.63, 3.8) is 0 Å². The van der Waals surface area contributed by atoms with Gasteiger partial charge in [0.1, 0.15) is 17.5 Å². The molecule has 186 valence electrons. The minimum atomic E-state index is -0.624. The van der Waals surface area contributed by atoms with E-state index in [-0.39, 0.29) is 24.8 Å².